The molecule has 0 aromatic carbocycles. The van der Waals surface area contributed by atoms with Crippen molar-refractivity contribution in [2.24, 2.45) is 11.5 Å². The Balaban J connectivity index is 1.87. The number of amides is 3. The molecule has 2 rings (SSSR count). The second-order valence-corrected chi connectivity index (χ2v) is 8.00. The second-order valence-electron chi connectivity index (χ2n) is 6.59. The van der Waals surface area contributed by atoms with Gasteiger partial charge in [-0.3, -0.25) is 19.7 Å². The molecule has 8 N–H and O–H groups in total. The van der Waals surface area contributed by atoms with Crippen molar-refractivity contribution in [2.45, 2.75) is 49.1 Å². The zero-order valence-electron chi connectivity index (χ0n) is 14.1. The van der Waals surface area contributed by atoms with E-state index in [0.717, 1.165) is 0 Å². The molecular formula is C14H25N5O5S. The Kier molecular flexibility index (Phi) is 5.94. The van der Waals surface area contributed by atoms with Crippen LogP contribution in [0.15, 0.2) is 0 Å². The molecule has 3 amide bonds. The van der Waals surface area contributed by atoms with Gasteiger partial charge < -0.3 is 31.9 Å². The minimum Gasteiger partial charge on any atom is -0.391 e. The first-order valence-electron chi connectivity index (χ1n) is 7.98. The fraction of sp³-hybridized carbons (Fsp3) is 0.786. The molecule has 5 atom stereocenters. The number of hydrogen-bond donors (Lipinski definition) is 6. The van der Waals surface area contributed by atoms with Gasteiger partial charge in [0.05, 0.1) is 31.3 Å². The molecule has 2 saturated heterocycles. The number of likely N-dealkylation sites (tertiary alicyclic amines) is 1. The van der Waals surface area contributed by atoms with E-state index in [-0.39, 0.29) is 5.91 Å². The molecule has 0 radical (unpaired) electrons. The Hall–Kier alpha value is -1.40. The van der Waals surface area contributed by atoms with Crippen LogP contribution < -0.4 is 22.1 Å². The van der Waals surface area contributed by atoms with Crippen molar-refractivity contribution in [1.29, 1.82) is 0 Å². The van der Waals surface area contributed by atoms with Gasteiger partial charge in [-0.2, -0.15) is 0 Å². The van der Waals surface area contributed by atoms with Crippen LogP contribution in [0.2, 0.25) is 0 Å². The van der Waals surface area contributed by atoms with Gasteiger partial charge in [0.15, 0.2) is 0 Å². The number of carbonyl (C=O) groups excluding carboxylic acids is 3. The number of aliphatic hydroxyl groups is 2. The smallest absolute Gasteiger partial charge is 0.242 e. The van der Waals surface area contributed by atoms with Crippen LogP contribution in [0.4, 0.5) is 0 Å². The van der Waals surface area contributed by atoms with E-state index in [9.17, 15) is 24.6 Å². The van der Waals surface area contributed by atoms with Gasteiger partial charge in [-0.05, 0) is 13.8 Å². The summed E-state index contributed by atoms with van der Waals surface area (Å²) in [6, 6.07) is -2.68. The average molecular weight is 375 g/mol. The topological polar surface area (TPSA) is 171 Å². The van der Waals surface area contributed by atoms with Crippen molar-refractivity contribution in [3.8, 4) is 0 Å². The number of rotatable bonds is 6. The maximum absolute atomic E-state index is 12.3. The van der Waals surface area contributed by atoms with Crippen LogP contribution >= 0.6 is 11.8 Å². The molecule has 25 heavy (non-hydrogen) atoms. The van der Waals surface area contributed by atoms with E-state index in [1.54, 1.807) is 0 Å². The number of hydrogen-bond acceptors (Lipinski definition) is 8. The third kappa shape index (κ3) is 4.23. The predicted octanol–water partition coefficient (Wildman–Crippen LogP) is -3.71. The summed E-state index contributed by atoms with van der Waals surface area (Å²) < 4.78 is 0. The first-order valence-corrected chi connectivity index (χ1v) is 8.97. The minimum atomic E-state index is -1.15. The Bertz CT molecular complexity index is 552. The first-order chi connectivity index (χ1) is 11.6. The van der Waals surface area contributed by atoms with Crippen LogP contribution in [0.1, 0.15) is 13.8 Å². The third-order valence-corrected chi connectivity index (χ3v) is 5.80. The molecule has 0 aromatic heterocycles. The maximum Gasteiger partial charge on any atom is 0.242 e. The van der Waals surface area contributed by atoms with Crippen molar-refractivity contribution in [3.63, 3.8) is 0 Å². The molecule has 2 aliphatic rings. The predicted molar refractivity (Wildman–Crippen MR) is 91.2 cm³/mol. The Labute approximate surface area is 149 Å². The van der Waals surface area contributed by atoms with E-state index in [2.05, 4.69) is 10.6 Å². The summed E-state index contributed by atoms with van der Waals surface area (Å²) >= 11 is 1.51. The lowest BCUT2D eigenvalue weighted by molar-refractivity contribution is -0.141. The number of nitrogens with one attached hydrogen (secondary N) is 2. The molecule has 0 aliphatic carbocycles. The van der Waals surface area contributed by atoms with Gasteiger partial charge in [0.2, 0.25) is 17.7 Å². The average Bonchev–Trinajstić information content (AvgIpc) is 2.94. The summed E-state index contributed by atoms with van der Waals surface area (Å²) in [7, 11) is 0. The van der Waals surface area contributed by atoms with Gasteiger partial charge in [0, 0.05) is 5.75 Å². The summed E-state index contributed by atoms with van der Waals surface area (Å²) in [4.78, 5) is 36.7. The van der Waals surface area contributed by atoms with Crippen LogP contribution in [0.5, 0.6) is 0 Å². The molecule has 10 nitrogen and oxygen atoms in total. The highest BCUT2D eigenvalue weighted by atomic mass is 32.2. The molecule has 2 heterocycles. The maximum atomic E-state index is 12.3. The highest BCUT2D eigenvalue weighted by Gasteiger charge is 2.52. The van der Waals surface area contributed by atoms with Crippen LogP contribution in [0.3, 0.4) is 0 Å². The van der Waals surface area contributed by atoms with E-state index < -0.39 is 47.0 Å². The summed E-state index contributed by atoms with van der Waals surface area (Å²) in [5, 5.41) is 24.5. The van der Waals surface area contributed by atoms with Gasteiger partial charge in [-0.15, -0.1) is 11.8 Å². The first kappa shape index (κ1) is 19.9. The van der Waals surface area contributed by atoms with Crippen LogP contribution in [-0.2, 0) is 14.4 Å². The number of nitrogens with two attached hydrogens (primary N) is 2. The lowest BCUT2D eigenvalue weighted by atomic mass is 10.0. The normalized spacial score (nSPS) is 26.4. The van der Waals surface area contributed by atoms with E-state index >= 15 is 0 Å². The number of thioether (sulfide) groups is 1. The summed E-state index contributed by atoms with van der Waals surface area (Å²) in [6.07, 6.45) is -2.03. The molecule has 11 heteroatoms. The van der Waals surface area contributed by atoms with Gasteiger partial charge in [0.1, 0.15) is 17.0 Å². The second kappa shape index (κ2) is 7.46. The van der Waals surface area contributed by atoms with E-state index in [1.165, 1.54) is 30.5 Å². The van der Waals surface area contributed by atoms with Crippen molar-refractivity contribution >= 4 is 29.5 Å². The van der Waals surface area contributed by atoms with Gasteiger partial charge in [-0.25, -0.2) is 0 Å². The SMILES string of the molecule is C[C@@H](O)[C@H](N)C(=O)N1CC2(C1)N[C@H](C(=O)N[C@H](C(N)=O)[C@@H](C)O)CS2. The Morgan fingerprint density at radius 3 is 2.36 bits per heavy atom. The number of carbonyl (C=O) groups is 3. The van der Waals surface area contributed by atoms with Gasteiger partial charge >= 0.3 is 0 Å². The van der Waals surface area contributed by atoms with E-state index in [0.29, 0.717) is 18.8 Å². The lowest BCUT2D eigenvalue weighted by Gasteiger charge is -2.48. The Morgan fingerprint density at radius 1 is 1.28 bits per heavy atom. The molecule has 1 spiro atoms. The molecule has 142 valence electrons. The summed E-state index contributed by atoms with van der Waals surface area (Å²) in [5.74, 6) is -1.11. The van der Waals surface area contributed by atoms with Crippen molar-refractivity contribution in [3.05, 3.63) is 0 Å². The molecule has 0 aromatic rings. The van der Waals surface area contributed by atoms with Crippen molar-refractivity contribution in [1.82, 2.24) is 15.5 Å². The molecule has 2 fully saturated rings. The standard InChI is InChI=1S/C14H25N5O5S/c1-6(20)9(15)13(24)19-4-14(5-19)18-8(3-25-14)12(23)17-10(7(2)21)11(16)22/h6-10,18,20-21H,3-5,15H2,1-2H3,(H2,16,22)(H,17,23)/t6-,7-,8+,9+,10+/m1/s1. The summed E-state index contributed by atoms with van der Waals surface area (Å²) in [5.41, 5.74) is 10.8. The van der Waals surface area contributed by atoms with E-state index in [4.69, 9.17) is 11.5 Å². The molecule has 2 aliphatic heterocycles. The van der Waals surface area contributed by atoms with Gasteiger partial charge in [0.25, 0.3) is 0 Å². The fourth-order valence-electron chi connectivity index (χ4n) is 2.79. The zero-order valence-corrected chi connectivity index (χ0v) is 15.0. The van der Waals surface area contributed by atoms with Crippen LogP contribution in [0, 0.1) is 0 Å². The third-order valence-electron chi connectivity index (χ3n) is 4.38. The molecule has 0 saturated carbocycles. The zero-order chi connectivity index (χ0) is 18.9. The quantitative estimate of drug-likeness (QED) is 0.275. The molecular weight excluding hydrogens is 350 g/mol. The lowest BCUT2D eigenvalue weighted by Crippen LogP contribution is -2.70. The highest BCUT2D eigenvalue weighted by Crippen LogP contribution is 2.38. The van der Waals surface area contributed by atoms with Gasteiger partial charge in [-0.1, -0.05) is 0 Å². The van der Waals surface area contributed by atoms with Crippen LogP contribution in [0.25, 0.3) is 0 Å². The fourth-order valence-corrected chi connectivity index (χ4v) is 4.23. The monoisotopic (exact) mass is 375 g/mol. The number of aliphatic hydroxyl groups excluding tert-OH is 2. The summed E-state index contributed by atoms with van der Waals surface area (Å²) in [6.45, 7) is 3.57. The molecule has 0 bridgehead atoms. The largest absolute Gasteiger partial charge is 0.391 e. The van der Waals surface area contributed by atoms with Crippen molar-refractivity contribution < 1.29 is 24.6 Å². The number of primary amides is 1. The van der Waals surface area contributed by atoms with E-state index in [1.807, 2.05) is 0 Å². The number of nitrogens with zero attached hydrogens (tertiary/aromatic N) is 1. The highest BCUT2D eigenvalue weighted by molar-refractivity contribution is 8.01. The minimum absolute atomic E-state index is 0.334. The van der Waals surface area contributed by atoms with Crippen LogP contribution in [-0.4, -0.2) is 86.9 Å². The molecule has 0 unspecified atom stereocenters. The van der Waals surface area contributed by atoms with Crippen molar-refractivity contribution in [2.75, 3.05) is 18.8 Å². The Morgan fingerprint density at radius 2 is 1.88 bits per heavy atom.